The van der Waals surface area contributed by atoms with Crippen LogP contribution in [0.4, 0.5) is 0 Å². The number of hydrogen-bond donors (Lipinski definition) is 0. The molecule has 0 aromatic rings. The summed E-state index contributed by atoms with van der Waals surface area (Å²) in [5.41, 5.74) is 0.162. The Morgan fingerprint density at radius 3 is 2.60 bits per heavy atom. The first kappa shape index (κ1) is 14.2. The van der Waals surface area contributed by atoms with Crippen LogP contribution in [0.5, 0.6) is 0 Å². The molecule has 0 fully saturated rings. The normalized spacial score (nSPS) is 11.5. The lowest BCUT2D eigenvalue weighted by atomic mass is 9.97. The molecule has 0 N–H and O–H groups in total. The highest BCUT2D eigenvalue weighted by molar-refractivity contribution is 5.81. The smallest absolute Gasteiger partial charge is 0.330 e. The summed E-state index contributed by atoms with van der Waals surface area (Å²) in [5.74, 6) is -0.350. The van der Waals surface area contributed by atoms with E-state index in [4.69, 9.17) is 4.74 Å². The van der Waals surface area contributed by atoms with Crippen molar-refractivity contribution in [1.29, 1.82) is 0 Å². The SMILES string of the molecule is C=CC(=O)OCCN(C)C(C)(C)CCC. The number of hydrogen-bond acceptors (Lipinski definition) is 3. The zero-order chi connectivity index (χ0) is 11.9. The Bertz CT molecular complexity index is 212. The Morgan fingerprint density at radius 1 is 1.53 bits per heavy atom. The van der Waals surface area contributed by atoms with Crippen LogP contribution in [0.2, 0.25) is 0 Å². The Kier molecular flexibility index (Phi) is 6.25. The highest BCUT2D eigenvalue weighted by atomic mass is 16.5. The number of likely N-dealkylation sites (N-methyl/N-ethyl adjacent to an activating group) is 1. The lowest BCUT2D eigenvalue weighted by Crippen LogP contribution is -2.42. The molecule has 0 aliphatic carbocycles. The monoisotopic (exact) mass is 213 g/mol. The summed E-state index contributed by atoms with van der Waals surface area (Å²) in [6, 6.07) is 0. The molecule has 0 atom stereocenters. The van der Waals surface area contributed by atoms with E-state index in [1.54, 1.807) is 0 Å². The molecule has 0 radical (unpaired) electrons. The molecule has 15 heavy (non-hydrogen) atoms. The van der Waals surface area contributed by atoms with E-state index in [9.17, 15) is 4.79 Å². The van der Waals surface area contributed by atoms with Crippen molar-refractivity contribution in [1.82, 2.24) is 4.90 Å². The van der Waals surface area contributed by atoms with E-state index in [0.717, 1.165) is 19.4 Å². The van der Waals surface area contributed by atoms with E-state index in [2.05, 4.69) is 39.3 Å². The minimum absolute atomic E-state index is 0.162. The van der Waals surface area contributed by atoms with Crippen molar-refractivity contribution in [3.8, 4) is 0 Å². The van der Waals surface area contributed by atoms with Gasteiger partial charge in [-0.3, -0.25) is 4.90 Å². The van der Waals surface area contributed by atoms with Crippen LogP contribution < -0.4 is 0 Å². The van der Waals surface area contributed by atoms with Gasteiger partial charge in [-0.15, -0.1) is 0 Å². The molecule has 0 rings (SSSR count). The third kappa shape index (κ3) is 5.57. The molecule has 3 heteroatoms. The maximum Gasteiger partial charge on any atom is 0.330 e. The van der Waals surface area contributed by atoms with Crippen LogP contribution in [0, 0.1) is 0 Å². The quantitative estimate of drug-likeness (QED) is 0.480. The molecule has 0 heterocycles. The van der Waals surface area contributed by atoms with Crippen molar-refractivity contribution in [3.63, 3.8) is 0 Å². The summed E-state index contributed by atoms with van der Waals surface area (Å²) in [4.78, 5) is 13.0. The molecule has 0 aliphatic rings. The van der Waals surface area contributed by atoms with Gasteiger partial charge in [-0.1, -0.05) is 19.9 Å². The maximum atomic E-state index is 10.8. The molecule has 0 saturated carbocycles. The number of carbonyl (C=O) groups is 1. The van der Waals surface area contributed by atoms with Gasteiger partial charge < -0.3 is 4.74 Å². The molecule has 0 unspecified atom stereocenters. The number of ether oxygens (including phenoxy) is 1. The Labute approximate surface area is 93.1 Å². The van der Waals surface area contributed by atoms with Gasteiger partial charge in [-0.2, -0.15) is 0 Å². The van der Waals surface area contributed by atoms with Crippen molar-refractivity contribution in [2.45, 2.75) is 39.2 Å². The lowest BCUT2D eigenvalue weighted by Gasteiger charge is -2.35. The van der Waals surface area contributed by atoms with Gasteiger partial charge in [0.1, 0.15) is 6.61 Å². The van der Waals surface area contributed by atoms with Gasteiger partial charge in [-0.25, -0.2) is 4.79 Å². The van der Waals surface area contributed by atoms with Crippen molar-refractivity contribution >= 4 is 5.97 Å². The van der Waals surface area contributed by atoms with Gasteiger partial charge in [-0.05, 0) is 27.3 Å². The number of nitrogens with zero attached hydrogens (tertiary/aromatic N) is 1. The van der Waals surface area contributed by atoms with E-state index < -0.39 is 0 Å². The summed E-state index contributed by atoms with van der Waals surface area (Å²) < 4.78 is 4.94. The number of carbonyl (C=O) groups excluding carboxylic acids is 1. The van der Waals surface area contributed by atoms with E-state index in [1.807, 2.05) is 0 Å². The van der Waals surface area contributed by atoms with Crippen LogP contribution in [0.25, 0.3) is 0 Å². The minimum atomic E-state index is -0.350. The van der Waals surface area contributed by atoms with Crippen LogP contribution in [-0.4, -0.2) is 36.6 Å². The van der Waals surface area contributed by atoms with Crippen molar-refractivity contribution < 1.29 is 9.53 Å². The topological polar surface area (TPSA) is 29.5 Å². The fourth-order valence-corrected chi connectivity index (χ4v) is 1.45. The first-order valence-electron chi connectivity index (χ1n) is 5.44. The molecular formula is C12H23NO2. The largest absolute Gasteiger partial charge is 0.461 e. The van der Waals surface area contributed by atoms with Gasteiger partial charge in [0.25, 0.3) is 0 Å². The third-order valence-electron chi connectivity index (χ3n) is 2.73. The highest BCUT2D eigenvalue weighted by Gasteiger charge is 2.21. The second-order valence-corrected chi connectivity index (χ2v) is 4.36. The summed E-state index contributed by atoms with van der Waals surface area (Å²) in [7, 11) is 2.05. The third-order valence-corrected chi connectivity index (χ3v) is 2.73. The molecule has 88 valence electrons. The summed E-state index contributed by atoms with van der Waals surface area (Å²) in [5, 5.41) is 0. The maximum absolute atomic E-state index is 10.8. The zero-order valence-electron chi connectivity index (χ0n) is 10.4. The standard InChI is InChI=1S/C12H23NO2/c1-6-8-12(3,4)13(5)9-10-15-11(14)7-2/h7H,2,6,8-10H2,1,3-5H3. The number of esters is 1. The van der Waals surface area contributed by atoms with Crippen LogP contribution in [-0.2, 0) is 9.53 Å². The van der Waals surface area contributed by atoms with E-state index in [-0.39, 0.29) is 11.5 Å². The Balaban J connectivity index is 3.86. The average molecular weight is 213 g/mol. The Hall–Kier alpha value is -0.830. The van der Waals surface area contributed by atoms with Gasteiger partial charge in [0.05, 0.1) is 0 Å². The molecule has 0 bridgehead atoms. The summed E-state index contributed by atoms with van der Waals surface area (Å²) in [6.45, 7) is 11.1. The average Bonchev–Trinajstić information content (AvgIpc) is 2.17. The molecular weight excluding hydrogens is 190 g/mol. The molecule has 3 nitrogen and oxygen atoms in total. The minimum Gasteiger partial charge on any atom is -0.461 e. The second-order valence-electron chi connectivity index (χ2n) is 4.36. The fourth-order valence-electron chi connectivity index (χ4n) is 1.45. The molecule has 0 saturated heterocycles. The predicted molar refractivity (Wildman–Crippen MR) is 62.8 cm³/mol. The van der Waals surface area contributed by atoms with Crippen molar-refractivity contribution in [3.05, 3.63) is 12.7 Å². The number of rotatable bonds is 7. The first-order valence-corrected chi connectivity index (χ1v) is 5.44. The van der Waals surface area contributed by atoms with E-state index >= 15 is 0 Å². The van der Waals surface area contributed by atoms with Crippen LogP contribution >= 0.6 is 0 Å². The van der Waals surface area contributed by atoms with Crippen molar-refractivity contribution in [2.24, 2.45) is 0 Å². The van der Waals surface area contributed by atoms with Gasteiger partial charge in [0.15, 0.2) is 0 Å². The zero-order valence-corrected chi connectivity index (χ0v) is 10.4. The van der Waals surface area contributed by atoms with Crippen LogP contribution in [0.3, 0.4) is 0 Å². The van der Waals surface area contributed by atoms with Gasteiger partial charge >= 0.3 is 5.97 Å². The molecule has 0 aromatic carbocycles. The summed E-state index contributed by atoms with van der Waals surface area (Å²) in [6.07, 6.45) is 3.49. The molecule has 0 aliphatic heterocycles. The first-order chi connectivity index (χ1) is 6.94. The van der Waals surface area contributed by atoms with E-state index in [0.29, 0.717) is 6.61 Å². The van der Waals surface area contributed by atoms with Crippen molar-refractivity contribution in [2.75, 3.05) is 20.2 Å². The Morgan fingerprint density at radius 2 is 2.13 bits per heavy atom. The second kappa shape index (κ2) is 6.62. The van der Waals surface area contributed by atoms with Crippen LogP contribution in [0.1, 0.15) is 33.6 Å². The fraction of sp³-hybridized carbons (Fsp3) is 0.750. The lowest BCUT2D eigenvalue weighted by molar-refractivity contribution is -0.138. The van der Waals surface area contributed by atoms with Gasteiger partial charge in [0.2, 0.25) is 0 Å². The summed E-state index contributed by atoms with van der Waals surface area (Å²) >= 11 is 0. The van der Waals surface area contributed by atoms with Gasteiger partial charge in [0, 0.05) is 18.2 Å². The predicted octanol–water partition coefficient (Wildman–Crippen LogP) is 2.23. The molecule has 0 aromatic heterocycles. The molecule has 0 spiro atoms. The molecule has 0 amide bonds. The highest BCUT2D eigenvalue weighted by Crippen LogP contribution is 2.18. The van der Waals surface area contributed by atoms with Crippen LogP contribution in [0.15, 0.2) is 12.7 Å². The van der Waals surface area contributed by atoms with E-state index in [1.165, 1.54) is 6.08 Å².